The molecule has 39 heavy (non-hydrogen) atoms. The van der Waals surface area contributed by atoms with Crippen LogP contribution in [0, 0.1) is 17.1 Å². The molecular weight excluding hydrogens is 499 g/mol. The second-order valence-corrected chi connectivity index (χ2v) is 10.2. The van der Waals surface area contributed by atoms with E-state index in [1.807, 2.05) is 44.5 Å². The number of hydrogen-bond acceptors (Lipinski definition) is 6. The van der Waals surface area contributed by atoms with E-state index in [1.165, 1.54) is 12.3 Å². The lowest BCUT2D eigenvalue weighted by molar-refractivity contribution is 0.0695. The summed E-state index contributed by atoms with van der Waals surface area (Å²) < 4.78 is 19.3. The molecule has 1 N–H and O–H groups in total. The van der Waals surface area contributed by atoms with Gasteiger partial charge in [0.15, 0.2) is 0 Å². The maximum atomic E-state index is 15.4. The van der Waals surface area contributed by atoms with E-state index < -0.39 is 17.2 Å². The third-order valence-corrected chi connectivity index (χ3v) is 7.73. The zero-order valence-electron chi connectivity index (χ0n) is 21.2. The molecule has 0 radical (unpaired) electrons. The molecule has 0 spiro atoms. The summed E-state index contributed by atoms with van der Waals surface area (Å²) in [6.45, 7) is 3.23. The summed E-state index contributed by atoms with van der Waals surface area (Å²) in [5.74, 6) is -1.83. The molecular formula is C29H27FN6O3. The topological polar surface area (TPSA) is 107 Å². The van der Waals surface area contributed by atoms with Crippen LogP contribution in [0.1, 0.15) is 46.4 Å². The number of carboxylic acids is 1. The highest BCUT2D eigenvalue weighted by Crippen LogP contribution is 2.38. The van der Waals surface area contributed by atoms with Gasteiger partial charge >= 0.3 is 5.97 Å². The molecule has 9 nitrogen and oxygen atoms in total. The number of aromatic nitrogens is 3. The number of nitriles is 1. The third-order valence-electron chi connectivity index (χ3n) is 7.73. The average molecular weight is 527 g/mol. The van der Waals surface area contributed by atoms with Crippen molar-refractivity contribution in [2.75, 3.05) is 31.1 Å². The second kappa shape index (κ2) is 10.0. The number of piperazine rings is 1. The molecule has 2 aliphatic rings. The van der Waals surface area contributed by atoms with Crippen molar-refractivity contribution in [3.05, 3.63) is 94.0 Å². The lowest BCUT2D eigenvalue weighted by Crippen LogP contribution is -2.48. The van der Waals surface area contributed by atoms with Crippen molar-refractivity contribution in [1.82, 2.24) is 19.0 Å². The van der Waals surface area contributed by atoms with Crippen LogP contribution in [0.4, 0.5) is 10.1 Å². The Morgan fingerprint density at radius 1 is 1.15 bits per heavy atom. The first-order valence-corrected chi connectivity index (χ1v) is 13.0. The van der Waals surface area contributed by atoms with E-state index in [1.54, 1.807) is 18.6 Å². The quantitative estimate of drug-likeness (QED) is 0.390. The van der Waals surface area contributed by atoms with Crippen molar-refractivity contribution >= 4 is 22.6 Å². The molecule has 1 atom stereocenters. The maximum Gasteiger partial charge on any atom is 0.341 e. The molecule has 10 heteroatoms. The predicted molar refractivity (Wildman–Crippen MR) is 143 cm³/mol. The number of pyridine rings is 1. The number of imidazole rings is 1. The molecule has 198 valence electrons. The van der Waals surface area contributed by atoms with Gasteiger partial charge in [-0.25, -0.2) is 14.2 Å². The fourth-order valence-corrected chi connectivity index (χ4v) is 5.49. The maximum absolute atomic E-state index is 15.4. The first kappa shape index (κ1) is 24.8. The minimum Gasteiger partial charge on any atom is -0.477 e. The van der Waals surface area contributed by atoms with Gasteiger partial charge in [-0.15, -0.1) is 0 Å². The van der Waals surface area contributed by atoms with E-state index in [0.717, 1.165) is 18.4 Å². The van der Waals surface area contributed by atoms with E-state index in [4.69, 9.17) is 0 Å². The molecule has 1 saturated heterocycles. The van der Waals surface area contributed by atoms with Crippen LogP contribution < -0.4 is 10.3 Å². The predicted octanol–water partition coefficient (Wildman–Crippen LogP) is 3.81. The van der Waals surface area contributed by atoms with Gasteiger partial charge in [0.1, 0.15) is 11.4 Å². The monoisotopic (exact) mass is 526 g/mol. The second-order valence-electron chi connectivity index (χ2n) is 10.2. The molecule has 4 aromatic rings. The number of rotatable bonds is 7. The minimum atomic E-state index is -1.30. The first-order chi connectivity index (χ1) is 18.9. The van der Waals surface area contributed by atoms with Crippen LogP contribution in [0.5, 0.6) is 0 Å². The van der Waals surface area contributed by atoms with Crippen molar-refractivity contribution in [1.29, 1.82) is 5.26 Å². The number of hydrogen-bond donors (Lipinski definition) is 1. The number of halogens is 1. The summed E-state index contributed by atoms with van der Waals surface area (Å²) in [6.07, 6.45) is 8.66. The molecule has 2 aromatic heterocycles. The number of carbonyl (C=O) groups is 1. The van der Waals surface area contributed by atoms with Gasteiger partial charge in [-0.1, -0.05) is 12.1 Å². The zero-order valence-corrected chi connectivity index (χ0v) is 21.2. The van der Waals surface area contributed by atoms with Crippen molar-refractivity contribution < 1.29 is 14.3 Å². The van der Waals surface area contributed by atoms with Crippen molar-refractivity contribution in [3.63, 3.8) is 0 Å². The van der Waals surface area contributed by atoms with Crippen molar-refractivity contribution in [2.24, 2.45) is 0 Å². The largest absolute Gasteiger partial charge is 0.477 e. The van der Waals surface area contributed by atoms with E-state index in [0.29, 0.717) is 49.5 Å². The van der Waals surface area contributed by atoms with E-state index in [-0.39, 0.29) is 23.0 Å². The van der Waals surface area contributed by atoms with Crippen molar-refractivity contribution in [3.8, 4) is 6.07 Å². The summed E-state index contributed by atoms with van der Waals surface area (Å²) in [4.78, 5) is 33.0. The number of benzene rings is 2. The lowest BCUT2D eigenvalue weighted by atomic mass is 10.0. The van der Waals surface area contributed by atoms with Gasteiger partial charge in [0, 0.05) is 62.7 Å². The molecule has 3 heterocycles. The minimum absolute atomic E-state index is 0.0463. The molecule has 6 rings (SSSR count). The van der Waals surface area contributed by atoms with Crippen LogP contribution in [0.25, 0.3) is 10.9 Å². The van der Waals surface area contributed by atoms with Crippen LogP contribution in [0.2, 0.25) is 0 Å². The smallest absolute Gasteiger partial charge is 0.341 e. The van der Waals surface area contributed by atoms with E-state index in [9.17, 15) is 20.0 Å². The number of anilines is 1. The lowest BCUT2D eigenvalue weighted by Gasteiger charge is -2.40. The number of carboxylic acid groups (broad SMARTS) is 1. The molecule has 1 aliphatic carbocycles. The van der Waals surface area contributed by atoms with E-state index >= 15 is 4.39 Å². The Bertz CT molecular complexity index is 1630. The van der Waals surface area contributed by atoms with Crippen LogP contribution in [0.15, 0.2) is 66.1 Å². The Balaban J connectivity index is 1.28. The normalized spacial score (nSPS) is 16.8. The SMILES string of the molecule is N#Cc1ccc(C(Cn2ccnc2)N2CCN(c3cc4c(cc3F)c(=O)c(C(=O)O)cn4C3CC3)CC2)cc1. The Kier molecular flexibility index (Phi) is 6.37. The van der Waals surface area contributed by atoms with Crippen LogP contribution >= 0.6 is 0 Å². The number of aromatic carboxylic acids is 1. The molecule has 2 aromatic carbocycles. The van der Waals surface area contributed by atoms with Gasteiger partial charge in [-0.2, -0.15) is 5.26 Å². The Labute approximate surface area is 223 Å². The van der Waals surface area contributed by atoms with Gasteiger partial charge in [0.25, 0.3) is 0 Å². The van der Waals surface area contributed by atoms with Gasteiger partial charge < -0.3 is 19.1 Å². The fourth-order valence-electron chi connectivity index (χ4n) is 5.49. The van der Waals surface area contributed by atoms with Crippen LogP contribution in [0.3, 0.4) is 0 Å². The zero-order chi connectivity index (χ0) is 27.1. The van der Waals surface area contributed by atoms with Gasteiger partial charge in [0.05, 0.1) is 35.2 Å². The molecule has 1 aliphatic heterocycles. The fraction of sp³-hybridized carbons (Fsp3) is 0.310. The number of fused-ring (bicyclic) bond motifs is 1. The van der Waals surface area contributed by atoms with Gasteiger partial charge in [-0.3, -0.25) is 9.69 Å². The summed E-state index contributed by atoms with van der Waals surface area (Å²) >= 11 is 0. The van der Waals surface area contributed by atoms with Crippen LogP contribution in [-0.4, -0.2) is 56.3 Å². The summed E-state index contributed by atoms with van der Waals surface area (Å²) in [7, 11) is 0. The van der Waals surface area contributed by atoms with E-state index in [2.05, 4.69) is 16.0 Å². The Hall–Kier alpha value is -4.49. The molecule has 1 saturated carbocycles. The third kappa shape index (κ3) is 4.77. The van der Waals surface area contributed by atoms with Gasteiger partial charge in [0.2, 0.25) is 5.43 Å². The highest BCUT2D eigenvalue weighted by molar-refractivity contribution is 5.93. The van der Waals surface area contributed by atoms with Gasteiger partial charge in [-0.05, 0) is 42.7 Å². The molecule has 2 fully saturated rings. The Morgan fingerprint density at radius 3 is 2.51 bits per heavy atom. The summed E-state index contributed by atoms with van der Waals surface area (Å²) in [5, 5.41) is 18.8. The molecule has 1 unspecified atom stereocenters. The highest BCUT2D eigenvalue weighted by Gasteiger charge is 2.30. The number of nitrogens with zero attached hydrogens (tertiary/aromatic N) is 6. The summed E-state index contributed by atoms with van der Waals surface area (Å²) in [6, 6.07) is 12.9. The summed E-state index contributed by atoms with van der Waals surface area (Å²) in [5.41, 5.74) is 1.70. The molecule has 0 bridgehead atoms. The average Bonchev–Trinajstić information content (AvgIpc) is 3.66. The standard InChI is InChI=1S/C29H27FN6O3/c30-24-13-22-25(36(21-5-6-21)16-23(28(22)37)29(38)39)14-26(24)34-9-11-35(12-10-34)27(17-33-8-7-32-18-33)20-3-1-19(15-31)2-4-20/h1-4,7-8,13-14,16,18,21,27H,5-6,9-12,17H2,(H,38,39). The van der Waals surface area contributed by atoms with Crippen LogP contribution in [-0.2, 0) is 6.54 Å². The highest BCUT2D eigenvalue weighted by atomic mass is 19.1. The Morgan fingerprint density at radius 2 is 1.90 bits per heavy atom. The van der Waals surface area contributed by atoms with Crippen molar-refractivity contribution in [2.45, 2.75) is 31.5 Å². The molecule has 0 amide bonds. The first-order valence-electron chi connectivity index (χ1n) is 13.0.